The molecule has 0 bridgehead atoms. The third kappa shape index (κ3) is 4.24. The Balaban J connectivity index is 2.32. The molecule has 6 N–H and O–H groups in total. The number of hydrogen-bond donors (Lipinski definition) is 6. The van der Waals surface area contributed by atoms with E-state index in [2.05, 4.69) is 0 Å². The van der Waals surface area contributed by atoms with Gasteiger partial charge in [-0.3, -0.25) is 9.88 Å². The smallest absolute Gasteiger partial charge is 0.427 e. The fourth-order valence-electron chi connectivity index (χ4n) is 2.57. The molecule has 3 atom stereocenters. The number of ketones is 1. The Kier molecular flexibility index (Phi) is 5.15. The lowest BCUT2D eigenvalue weighted by molar-refractivity contribution is -0.120. The van der Waals surface area contributed by atoms with Crippen LogP contribution in [0.4, 0.5) is 0 Å². The summed E-state index contributed by atoms with van der Waals surface area (Å²) in [6, 6.07) is 6.00. The summed E-state index contributed by atoms with van der Waals surface area (Å²) in [7, 11) is -4.73. The lowest BCUT2D eigenvalue weighted by Crippen LogP contribution is -2.38. The van der Waals surface area contributed by atoms with Gasteiger partial charge in [0.15, 0.2) is 5.78 Å². The van der Waals surface area contributed by atoms with Crippen LogP contribution in [0.5, 0.6) is 5.75 Å². The molecule has 0 aliphatic heterocycles. The molecule has 1 aliphatic rings. The summed E-state index contributed by atoms with van der Waals surface area (Å²) in [5.74, 6) is -2.93. The highest BCUT2D eigenvalue weighted by Gasteiger charge is 2.37. The largest absolute Gasteiger partial charge is 0.508 e. The molecule has 1 aromatic rings. The van der Waals surface area contributed by atoms with Gasteiger partial charge in [0, 0.05) is 23.8 Å². The van der Waals surface area contributed by atoms with Crippen molar-refractivity contribution in [3.8, 4) is 5.75 Å². The van der Waals surface area contributed by atoms with E-state index in [-0.39, 0.29) is 11.4 Å². The molecule has 1 aliphatic carbocycles. The number of aliphatic hydroxyl groups excluding tert-OH is 2. The summed E-state index contributed by atoms with van der Waals surface area (Å²) in [5.41, 5.74) is 0.369. The van der Waals surface area contributed by atoms with Gasteiger partial charge < -0.3 is 25.1 Å². The van der Waals surface area contributed by atoms with Crippen LogP contribution in [0.3, 0.4) is 0 Å². The number of phenolic OH excluding ortho intramolecular Hbond substituents is 1. The molecule has 24 heavy (non-hydrogen) atoms. The number of allylic oxidation sites excluding steroid dienone is 2. The second kappa shape index (κ2) is 6.78. The van der Waals surface area contributed by atoms with Crippen LogP contribution in [-0.4, -0.2) is 37.0 Å². The van der Waals surface area contributed by atoms with Crippen molar-refractivity contribution in [1.29, 1.82) is 0 Å². The maximum absolute atomic E-state index is 12.2. The van der Waals surface area contributed by atoms with Crippen molar-refractivity contribution in [3.05, 3.63) is 53.4 Å². The van der Waals surface area contributed by atoms with Gasteiger partial charge in [0.1, 0.15) is 11.5 Å². The van der Waals surface area contributed by atoms with E-state index in [0.29, 0.717) is 5.56 Å². The summed E-state index contributed by atoms with van der Waals surface area (Å²) in [5, 5.41) is 31.2. The number of hydrogen-bond acceptors (Lipinski definition) is 5. The second-order valence-electron chi connectivity index (χ2n) is 5.58. The molecule has 3 unspecified atom stereocenters. The zero-order valence-corrected chi connectivity index (χ0v) is 13.6. The Morgan fingerprint density at radius 3 is 2.25 bits per heavy atom. The first kappa shape index (κ1) is 18.2. The molecular formula is C15H18NO7P. The van der Waals surface area contributed by atoms with E-state index >= 15 is 0 Å². The van der Waals surface area contributed by atoms with Gasteiger partial charge in [0.05, 0.1) is 12.0 Å². The predicted molar refractivity (Wildman–Crippen MR) is 85.0 cm³/mol. The third-order valence-corrected chi connectivity index (χ3v) is 4.33. The first-order chi connectivity index (χ1) is 11.1. The molecule has 130 valence electrons. The number of rotatable bonds is 5. The summed E-state index contributed by atoms with van der Waals surface area (Å²) in [6.07, 6.45) is 0.580. The monoisotopic (exact) mass is 355 g/mol. The Morgan fingerprint density at radius 1 is 1.12 bits per heavy atom. The van der Waals surface area contributed by atoms with Crippen LogP contribution in [-0.2, 0) is 9.36 Å². The lowest BCUT2D eigenvalue weighted by Gasteiger charge is -2.30. The van der Waals surface area contributed by atoms with Gasteiger partial charge in [-0.05, 0) is 17.7 Å². The van der Waals surface area contributed by atoms with Gasteiger partial charge in [-0.25, -0.2) is 4.57 Å². The van der Waals surface area contributed by atoms with Crippen LogP contribution < -0.4 is 5.09 Å². The summed E-state index contributed by atoms with van der Waals surface area (Å²) in [6.45, 7) is 1.64. The predicted octanol–water partition coefficient (Wildman–Crippen LogP) is 1.06. The van der Waals surface area contributed by atoms with Gasteiger partial charge in [-0.1, -0.05) is 19.1 Å². The van der Waals surface area contributed by atoms with Crippen molar-refractivity contribution in [2.75, 3.05) is 0 Å². The SMILES string of the molecule is CC(c1ccc(O)cc1)C(O)C1C(=O)C=C(O)C=C1NP(=O)(O)O. The summed E-state index contributed by atoms with van der Waals surface area (Å²) in [4.78, 5) is 30.3. The molecule has 9 heteroatoms. The number of benzene rings is 1. The molecule has 0 spiro atoms. The molecule has 1 aromatic carbocycles. The topological polar surface area (TPSA) is 147 Å². The molecule has 0 aromatic heterocycles. The Bertz CT molecular complexity index is 735. The summed E-state index contributed by atoms with van der Waals surface area (Å²) >= 11 is 0. The number of carbonyl (C=O) groups excluding carboxylic acids is 1. The number of phenols is 1. The first-order valence-corrected chi connectivity index (χ1v) is 8.66. The van der Waals surface area contributed by atoms with Crippen molar-refractivity contribution in [1.82, 2.24) is 5.09 Å². The Morgan fingerprint density at radius 2 is 1.71 bits per heavy atom. The van der Waals surface area contributed by atoms with E-state index < -0.39 is 37.2 Å². The number of nitrogens with one attached hydrogen (secondary N) is 1. The van der Waals surface area contributed by atoms with Gasteiger partial charge in [-0.15, -0.1) is 0 Å². The highest BCUT2D eigenvalue weighted by atomic mass is 31.2. The van der Waals surface area contributed by atoms with Gasteiger partial charge in [-0.2, -0.15) is 0 Å². The highest BCUT2D eigenvalue weighted by molar-refractivity contribution is 7.49. The van der Waals surface area contributed by atoms with Crippen molar-refractivity contribution >= 4 is 13.5 Å². The average molecular weight is 355 g/mol. The molecule has 2 rings (SSSR count). The fourth-order valence-corrected chi connectivity index (χ4v) is 3.11. The molecular weight excluding hydrogens is 337 g/mol. The van der Waals surface area contributed by atoms with Gasteiger partial charge >= 0.3 is 7.75 Å². The highest BCUT2D eigenvalue weighted by Crippen LogP contribution is 2.37. The quantitative estimate of drug-likeness (QED) is 0.430. The zero-order chi connectivity index (χ0) is 18.1. The van der Waals surface area contributed by atoms with Crippen LogP contribution in [0.2, 0.25) is 0 Å². The van der Waals surface area contributed by atoms with E-state index in [1.807, 2.05) is 5.09 Å². The minimum atomic E-state index is -4.73. The Labute approximate surface area is 138 Å². The minimum absolute atomic E-state index is 0.0470. The molecule has 0 saturated heterocycles. The van der Waals surface area contributed by atoms with Gasteiger partial charge in [0.2, 0.25) is 0 Å². The number of carbonyl (C=O) groups is 1. The normalized spacial score (nSPS) is 20.8. The van der Waals surface area contributed by atoms with Crippen LogP contribution in [0, 0.1) is 5.92 Å². The maximum Gasteiger partial charge on any atom is 0.427 e. The maximum atomic E-state index is 12.2. The molecule has 0 fully saturated rings. The van der Waals surface area contributed by atoms with Crippen LogP contribution in [0.25, 0.3) is 0 Å². The van der Waals surface area contributed by atoms with E-state index in [9.17, 15) is 24.7 Å². The lowest BCUT2D eigenvalue weighted by atomic mass is 9.81. The fraction of sp³-hybridized carbons (Fsp3) is 0.267. The van der Waals surface area contributed by atoms with Gasteiger partial charge in [0.25, 0.3) is 0 Å². The second-order valence-corrected chi connectivity index (χ2v) is 6.89. The van der Waals surface area contributed by atoms with Crippen molar-refractivity contribution in [2.45, 2.75) is 18.9 Å². The molecule has 0 amide bonds. The Hall–Kier alpha value is -2.12. The zero-order valence-electron chi connectivity index (χ0n) is 12.7. The standard InChI is InChI=1S/C15H18NO7P/c1-8(9-2-4-10(17)5-3-9)15(20)14-12(16-24(21,22)23)6-11(18)7-13(14)19/h2-8,14-15,17-18,20H,1H3,(H3,16,21,22,23). The first-order valence-electron chi connectivity index (χ1n) is 7.05. The molecule has 0 radical (unpaired) electrons. The summed E-state index contributed by atoms with van der Waals surface area (Å²) < 4.78 is 11.2. The van der Waals surface area contributed by atoms with E-state index in [1.54, 1.807) is 19.1 Å². The number of aromatic hydroxyl groups is 1. The van der Waals surface area contributed by atoms with E-state index in [0.717, 1.165) is 12.2 Å². The van der Waals surface area contributed by atoms with Crippen LogP contribution in [0.15, 0.2) is 47.9 Å². The van der Waals surface area contributed by atoms with Crippen molar-refractivity contribution in [2.24, 2.45) is 5.92 Å². The molecule has 0 saturated carbocycles. The average Bonchev–Trinajstić information content (AvgIpc) is 2.44. The van der Waals surface area contributed by atoms with Crippen LogP contribution in [0.1, 0.15) is 18.4 Å². The van der Waals surface area contributed by atoms with Crippen LogP contribution >= 0.6 is 7.75 Å². The van der Waals surface area contributed by atoms with Crippen molar-refractivity contribution in [3.63, 3.8) is 0 Å². The molecule has 8 nitrogen and oxygen atoms in total. The number of aliphatic hydroxyl groups is 2. The molecule has 0 heterocycles. The van der Waals surface area contributed by atoms with E-state index in [1.165, 1.54) is 12.1 Å². The van der Waals surface area contributed by atoms with Crippen molar-refractivity contribution < 1.29 is 34.5 Å². The third-order valence-electron chi connectivity index (χ3n) is 3.78. The van der Waals surface area contributed by atoms with E-state index in [4.69, 9.17) is 9.79 Å². The minimum Gasteiger partial charge on any atom is -0.508 e.